The van der Waals surface area contributed by atoms with E-state index in [1.807, 2.05) is 0 Å². The Morgan fingerprint density at radius 1 is 0.773 bits per heavy atom. The molecule has 0 spiro atoms. The summed E-state index contributed by atoms with van der Waals surface area (Å²) in [6.45, 7) is 22.3. The average molecular weight is 378 g/mol. The van der Waals surface area contributed by atoms with Gasteiger partial charge in [-0.3, -0.25) is 0 Å². The summed E-state index contributed by atoms with van der Waals surface area (Å²) in [5.74, 6) is 0. The van der Waals surface area contributed by atoms with Crippen molar-refractivity contribution in [3.63, 3.8) is 0 Å². The van der Waals surface area contributed by atoms with Crippen molar-refractivity contribution in [2.75, 3.05) is 39.5 Å². The quantitative estimate of drug-likeness (QED) is 0.705. The van der Waals surface area contributed by atoms with Crippen molar-refractivity contribution >= 4 is 29.6 Å². The Labute approximate surface area is 139 Å². The molecule has 8 heteroatoms. The second kappa shape index (κ2) is 4.66. The van der Waals surface area contributed by atoms with Crippen molar-refractivity contribution in [1.82, 2.24) is 0 Å². The first kappa shape index (κ1) is 17.5. The fourth-order valence-electron chi connectivity index (χ4n) is 7.16. The van der Waals surface area contributed by atoms with Crippen LogP contribution in [0.1, 0.15) is 6.92 Å². The van der Waals surface area contributed by atoms with Crippen molar-refractivity contribution in [1.29, 1.82) is 0 Å². The number of quaternary nitrogens is 1. The van der Waals surface area contributed by atoms with Gasteiger partial charge in [0.25, 0.3) is 0 Å². The predicted molar refractivity (Wildman–Crippen MR) is 101 cm³/mol. The van der Waals surface area contributed by atoms with Crippen LogP contribution in [0.2, 0.25) is 45.3 Å². The Morgan fingerprint density at radius 2 is 1.14 bits per heavy atom. The zero-order valence-corrected chi connectivity index (χ0v) is 19.6. The number of hydrogen-bond donors (Lipinski definition) is 0. The molecule has 0 bridgehead atoms. The zero-order chi connectivity index (χ0) is 16.5. The third kappa shape index (κ3) is 1.52. The standard InChI is InChI=1S/C14H35NO3Si4/c1-8-21(19(2,3)4,20(5,6)7)22-15(9-12-16-22,10-13-17-22)11-14-18-22/h8-14H2,1-7H3. The molecule has 3 saturated heterocycles. The van der Waals surface area contributed by atoms with Gasteiger partial charge in [-0.25, -0.2) is 0 Å². The number of nitrogens with zero attached hydrogens (tertiary/aromatic N) is 1. The van der Waals surface area contributed by atoms with Gasteiger partial charge in [-0.05, 0) is 0 Å². The Balaban J connectivity index is 2.37. The molecule has 0 aromatic rings. The monoisotopic (exact) mass is 377 g/mol. The Kier molecular flexibility index (Phi) is 3.71. The van der Waals surface area contributed by atoms with Crippen LogP contribution in [0.15, 0.2) is 0 Å². The molecule has 0 amide bonds. The molecule has 22 heavy (non-hydrogen) atoms. The predicted octanol–water partition coefficient (Wildman–Crippen LogP) is 2.66. The molecule has 3 aliphatic rings. The molecule has 0 aromatic heterocycles. The molecule has 3 fully saturated rings. The minimum absolute atomic E-state index is 0.873. The number of hydrogen-bond acceptors (Lipinski definition) is 3. The first-order valence-electron chi connectivity index (χ1n) is 8.96. The van der Waals surface area contributed by atoms with Crippen LogP contribution >= 0.6 is 0 Å². The van der Waals surface area contributed by atoms with Crippen molar-refractivity contribution in [3.8, 4) is 0 Å². The van der Waals surface area contributed by atoms with Crippen LogP contribution in [0.4, 0.5) is 0 Å². The summed E-state index contributed by atoms with van der Waals surface area (Å²) in [5, 5.41) is 0. The molecule has 0 aliphatic carbocycles. The molecule has 130 valence electrons. The van der Waals surface area contributed by atoms with Crippen molar-refractivity contribution in [2.45, 2.75) is 52.2 Å². The van der Waals surface area contributed by atoms with Crippen LogP contribution < -0.4 is 0 Å². The maximum atomic E-state index is 6.89. The van der Waals surface area contributed by atoms with E-state index in [2.05, 4.69) is 46.2 Å². The number of rotatable bonds is 4. The van der Waals surface area contributed by atoms with Gasteiger partial charge in [0.2, 0.25) is 0 Å². The zero-order valence-electron chi connectivity index (χ0n) is 15.6. The molecule has 3 aliphatic heterocycles. The normalized spacial score (nSPS) is 35.7. The second-order valence-corrected chi connectivity index (χ2v) is 48.5. The van der Waals surface area contributed by atoms with Crippen LogP contribution in [0.3, 0.4) is 0 Å². The maximum absolute atomic E-state index is 6.89. The first-order chi connectivity index (χ1) is 10.0. The van der Waals surface area contributed by atoms with Crippen molar-refractivity contribution < 1.29 is 17.4 Å². The van der Waals surface area contributed by atoms with Gasteiger partial charge in [0, 0.05) is 0 Å². The van der Waals surface area contributed by atoms with Crippen LogP contribution in [0.5, 0.6) is 0 Å². The van der Waals surface area contributed by atoms with E-state index in [0.29, 0.717) is 0 Å². The van der Waals surface area contributed by atoms with E-state index in [9.17, 15) is 0 Å². The third-order valence-corrected chi connectivity index (χ3v) is 79.4. The molecule has 0 N–H and O–H groups in total. The van der Waals surface area contributed by atoms with Crippen molar-refractivity contribution in [3.05, 3.63) is 0 Å². The summed E-state index contributed by atoms with van der Waals surface area (Å²) < 4.78 is 21.8. The average Bonchev–Trinajstić information content (AvgIpc) is 2.85. The van der Waals surface area contributed by atoms with E-state index in [0.717, 1.165) is 43.6 Å². The molecule has 0 radical (unpaired) electrons. The Hall–Kier alpha value is 0.708. The summed E-state index contributed by atoms with van der Waals surface area (Å²) in [6, 6.07) is 1.30. The minimum atomic E-state index is -3.32. The fourth-order valence-corrected chi connectivity index (χ4v) is 100. The summed E-state index contributed by atoms with van der Waals surface area (Å²) in [5.41, 5.74) is 0. The van der Waals surface area contributed by atoms with Gasteiger partial charge in [0.1, 0.15) is 0 Å². The summed E-state index contributed by atoms with van der Waals surface area (Å²) in [7, 11) is -6.23. The Morgan fingerprint density at radius 3 is 1.41 bits per heavy atom. The molecule has 3 heterocycles. The van der Waals surface area contributed by atoms with Crippen LogP contribution in [0.25, 0.3) is 0 Å². The molecule has 4 nitrogen and oxygen atoms in total. The van der Waals surface area contributed by atoms with Gasteiger partial charge in [-0.15, -0.1) is 0 Å². The van der Waals surface area contributed by atoms with Gasteiger partial charge in [-0.1, -0.05) is 0 Å². The molecule has 0 aromatic carbocycles. The molecule has 0 saturated carbocycles. The fraction of sp³-hybridized carbons (Fsp3) is 1.00. The summed E-state index contributed by atoms with van der Waals surface area (Å²) in [4.78, 5) is 0. The molecule has 3 rings (SSSR count). The van der Waals surface area contributed by atoms with Crippen LogP contribution in [-0.4, -0.2) is 73.2 Å². The second-order valence-electron chi connectivity index (χ2n) is 9.56. The third-order valence-electron chi connectivity index (χ3n) is 7.25. The Bertz CT molecular complexity index is 439. The van der Waals surface area contributed by atoms with E-state index in [1.54, 1.807) is 0 Å². The molecular formula is C14H35NO3Si4. The van der Waals surface area contributed by atoms with Crippen LogP contribution in [0, 0.1) is 0 Å². The molecule has 0 unspecified atom stereocenters. The van der Waals surface area contributed by atoms with Gasteiger partial charge < -0.3 is 0 Å². The topological polar surface area (TPSA) is 27.7 Å². The van der Waals surface area contributed by atoms with E-state index >= 15 is 0 Å². The van der Waals surface area contributed by atoms with Crippen molar-refractivity contribution in [2.24, 2.45) is 0 Å². The van der Waals surface area contributed by atoms with E-state index in [1.165, 1.54) is 6.04 Å². The summed E-state index contributed by atoms with van der Waals surface area (Å²) in [6.07, 6.45) is 0. The molecule has 0 atom stereocenters. The summed E-state index contributed by atoms with van der Waals surface area (Å²) >= 11 is 0. The molecular weight excluding hydrogens is 343 g/mol. The van der Waals surface area contributed by atoms with E-state index < -0.39 is 29.6 Å². The van der Waals surface area contributed by atoms with Gasteiger partial charge in [0.05, 0.1) is 0 Å². The van der Waals surface area contributed by atoms with Gasteiger partial charge in [0.15, 0.2) is 0 Å². The van der Waals surface area contributed by atoms with Gasteiger partial charge in [-0.2, -0.15) is 0 Å². The van der Waals surface area contributed by atoms with Gasteiger partial charge >= 0.3 is 139 Å². The van der Waals surface area contributed by atoms with E-state index in [-0.39, 0.29) is 0 Å². The van der Waals surface area contributed by atoms with Crippen LogP contribution in [-0.2, 0) is 13.3 Å². The van der Waals surface area contributed by atoms with E-state index in [4.69, 9.17) is 13.3 Å². The first-order valence-corrected chi connectivity index (χ1v) is 23.3. The SMILES string of the molecule is CC[Si]([Si](C)(C)C)([Si](C)(C)C)[Si-]123OCC[N+]1(CCO2)CCO3.